The van der Waals surface area contributed by atoms with Crippen LogP contribution in [0, 0.1) is 13.8 Å². The molecule has 1 amide bonds. The van der Waals surface area contributed by atoms with Gasteiger partial charge in [-0.25, -0.2) is 5.43 Å². The molecule has 88 valence electrons. The molecule has 0 saturated heterocycles. The van der Waals surface area contributed by atoms with Gasteiger partial charge in [0.2, 0.25) is 0 Å². The van der Waals surface area contributed by atoms with Crippen LogP contribution in [0.2, 0.25) is 0 Å². The summed E-state index contributed by atoms with van der Waals surface area (Å²) in [6.45, 7) is 3.81. The number of carbonyl (C=O) groups excluding carboxylic acids is 1. The summed E-state index contributed by atoms with van der Waals surface area (Å²) in [7, 11) is 0. The molecule has 0 spiro atoms. The van der Waals surface area contributed by atoms with Crippen LogP contribution in [-0.4, -0.2) is 12.1 Å². The predicted octanol–water partition coefficient (Wildman–Crippen LogP) is 2.72. The van der Waals surface area contributed by atoms with Gasteiger partial charge in [0.05, 0.1) is 11.8 Å². The third kappa shape index (κ3) is 3.04. The molecule has 0 unspecified atom stereocenters. The van der Waals surface area contributed by atoms with Gasteiger partial charge < -0.3 is 4.42 Å². The maximum Gasteiger partial charge on any atom is 0.272 e. The highest BCUT2D eigenvalue weighted by Crippen LogP contribution is 2.12. The molecule has 2 heterocycles. The maximum atomic E-state index is 11.6. The Morgan fingerprint density at radius 3 is 2.88 bits per heavy atom. The van der Waals surface area contributed by atoms with Crippen molar-refractivity contribution in [2.24, 2.45) is 5.10 Å². The monoisotopic (exact) mass is 248 g/mol. The first-order valence-corrected chi connectivity index (χ1v) is 5.98. The van der Waals surface area contributed by atoms with Crippen LogP contribution in [0.5, 0.6) is 0 Å². The molecule has 0 aromatic carbocycles. The highest BCUT2D eigenvalue weighted by atomic mass is 32.1. The molecule has 2 rings (SSSR count). The van der Waals surface area contributed by atoms with E-state index in [2.05, 4.69) is 10.5 Å². The predicted molar refractivity (Wildman–Crippen MR) is 67.6 cm³/mol. The zero-order chi connectivity index (χ0) is 12.3. The minimum Gasteiger partial charge on any atom is -0.460 e. The number of hydrazone groups is 1. The molecule has 0 aliphatic heterocycles. The first-order valence-electron chi connectivity index (χ1n) is 5.10. The van der Waals surface area contributed by atoms with E-state index < -0.39 is 0 Å². The van der Waals surface area contributed by atoms with Crippen LogP contribution >= 0.6 is 11.3 Å². The van der Waals surface area contributed by atoms with Crippen molar-refractivity contribution in [1.29, 1.82) is 0 Å². The lowest BCUT2D eigenvalue weighted by Gasteiger charge is -1.94. The average molecular weight is 248 g/mol. The molecule has 0 saturated carbocycles. The molecule has 0 fully saturated rings. The van der Waals surface area contributed by atoms with Crippen molar-refractivity contribution in [2.45, 2.75) is 13.8 Å². The topological polar surface area (TPSA) is 54.6 Å². The lowest BCUT2D eigenvalue weighted by Crippen LogP contribution is -2.16. The fourth-order valence-corrected chi connectivity index (χ4v) is 1.99. The van der Waals surface area contributed by atoms with Gasteiger partial charge in [0, 0.05) is 10.3 Å². The summed E-state index contributed by atoms with van der Waals surface area (Å²) < 4.78 is 5.28. The number of carbonyl (C=O) groups is 1. The molecule has 0 aliphatic rings. The lowest BCUT2D eigenvalue weighted by molar-refractivity contribution is 0.0955. The fourth-order valence-electron chi connectivity index (χ4n) is 1.30. The molecule has 4 nitrogen and oxygen atoms in total. The second-order valence-electron chi connectivity index (χ2n) is 3.59. The molecular formula is C12H12N2O2S. The third-order valence-electron chi connectivity index (χ3n) is 2.11. The molecule has 5 heteroatoms. The number of nitrogens with one attached hydrogen (secondary N) is 1. The fraction of sp³-hybridized carbons (Fsp3) is 0.167. The van der Waals surface area contributed by atoms with Gasteiger partial charge in [-0.1, -0.05) is 0 Å². The Bertz CT molecular complexity index is 554. The normalized spacial score (nSPS) is 10.9. The van der Waals surface area contributed by atoms with Crippen LogP contribution in [0.15, 0.2) is 33.1 Å². The van der Waals surface area contributed by atoms with Gasteiger partial charge in [0.1, 0.15) is 11.5 Å². The van der Waals surface area contributed by atoms with Crippen molar-refractivity contribution < 1.29 is 9.21 Å². The Hall–Kier alpha value is -1.88. The lowest BCUT2D eigenvalue weighted by atomic mass is 10.3. The average Bonchev–Trinajstić information content (AvgIpc) is 2.88. The summed E-state index contributed by atoms with van der Waals surface area (Å²) in [5, 5.41) is 5.63. The Kier molecular flexibility index (Phi) is 3.39. The number of thiophene rings is 1. The molecule has 0 bridgehead atoms. The Morgan fingerprint density at radius 1 is 1.47 bits per heavy atom. The Morgan fingerprint density at radius 2 is 2.29 bits per heavy atom. The van der Waals surface area contributed by atoms with Crippen LogP contribution in [0.1, 0.15) is 26.8 Å². The molecule has 2 aromatic heterocycles. The van der Waals surface area contributed by atoms with Gasteiger partial charge in [-0.15, -0.1) is 11.3 Å². The number of hydrogen-bond acceptors (Lipinski definition) is 4. The summed E-state index contributed by atoms with van der Waals surface area (Å²) in [4.78, 5) is 12.7. The molecule has 0 aliphatic carbocycles. The van der Waals surface area contributed by atoms with E-state index in [1.807, 2.05) is 26.0 Å². The van der Waals surface area contributed by atoms with Crippen LogP contribution in [0.25, 0.3) is 0 Å². The maximum absolute atomic E-state index is 11.6. The minimum atomic E-state index is -0.214. The number of hydrogen-bond donors (Lipinski definition) is 1. The van der Waals surface area contributed by atoms with E-state index in [-0.39, 0.29) is 5.91 Å². The highest BCUT2D eigenvalue weighted by molar-refractivity contribution is 7.10. The van der Waals surface area contributed by atoms with Crippen LogP contribution in [0.4, 0.5) is 0 Å². The van der Waals surface area contributed by atoms with Gasteiger partial charge in [-0.05, 0) is 32.0 Å². The van der Waals surface area contributed by atoms with E-state index in [9.17, 15) is 4.79 Å². The standard InChI is InChI=1S/C12H12N2O2S/c1-8-3-4-11(16-8)6-13-14-12(15)10-5-9(2)17-7-10/h3-7H,1-2H3,(H,14,15)/b13-6-. The van der Waals surface area contributed by atoms with Gasteiger partial charge in [-0.2, -0.15) is 5.10 Å². The van der Waals surface area contributed by atoms with Gasteiger partial charge in [0.25, 0.3) is 5.91 Å². The molecule has 0 radical (unpaired) electrons. The van der Waals surface area contributed by atoms with Crippen molar-refractivity contribution in [2.75, 3.05) is 0 Å². The first-order chi connectivity index (χ1) is 8.15. The highest BCUT2D eigenvalue weighted by Gasteiger charge is 2.05. The van der Waals surface area contributed by atoms with Crippen molar-refractivity contribution in [3.63, 3.8) is 0 Å². The largest absolute Gasteiger partial charge is 0.460 e. The third-order valence-corrected chi connectivity index (χ3v) is 2.97. The van der Waals surface area contributed by atoms with E-state index >= 15 is 0 Å². The number of nitrogens with zero attached hydrogens (tertiary/aromatic N) is 1. The second-order valence-corrected chi connectivity index (χ2v) is 4.71. The second kappa shape index (κ2) is 4.97. The number of aryl methyl sites for hydroxylation is 2. The van der Waals surface area contributed by atoms with Gasteiger partial charge >= 0.3 is 0 Å². The quantitative estimate of drug-likeness (QED) is 0.670. The smallest absolute Gasteiger partial charge is 0.272 e. The molecule has 17 heavy (non-hydrogen) atoms. The van der Waals surface area contributed by atoms with E-state index in [1.54, 1.807) is 11.4 Å². The summed E-state index contributed by atoms with van der Waals surface area (Å²) in [6, 6.07) is 5.46. The number of amides is 1. The van der Waals surface area contributed by atoms with Crippen molar-refractivity contribution in [3.05, 3.63) is 45.5 Å². The van der Waals surface area contributed by atoms with Crippen LogP contribution in [0.3, 0.4) is 0 Å². The Labute approximate surface area is 103 Å². The minimum absolute atomic E-state index is 0.214. The van der Waals surface area contributed by atoms with Gasteiger partial charge in [0.15, 0.2) is 0 Å². The SMILES string of the molecule is Cc1ccc(/C=N\NC(=O)c2csc(C)c2)o1. The first kappa shape index (κ1) is 11.6. The summed E-state index contributed by atoms with van der Waals surface area (Å²) in [5.41, 5.74) is 3.07. The molecular weight excluding hydrogens is 236 g/mol. The van der Waals surface area contributed by atoms with E-state index in [4.69, 9.17) is 4.42 Å². The molecule has 2 aromatic rings. The Balaban J connectivity index is 1.94. The summed E-state index contributed by atoms with van der Waals surface area (Å²) >= 11 is 1.53. The van der Waals surface area contributed by atoms with Crippen molar-refractivity contribution in [1.82, 2.24) is 5.43 Å². The van der Waals surface area contributed by atoms with Crippen LogP contribution < -0.4 is 5.43 Å². The number of rotatable bonds is 3. The van der Waals surface area contributed by atoms with E-state index in [0.29, 0.717) is 11.3 Å². The molecule has 0 atom stereocenters. The van der Waals surface area contributed by atoms with Crippen molar-refractivity contribution in [3.8, 4) is 0 Å². The number of furan rings is 1. The van der Waals surface area contributed by atoms with Crippen molar-refractivity contribution >= 4 is 23.5 Å². The van der Waals surface area contributed by atoms with E-state index in [0.717, 1.165) is 10.6 Å². The van der Waals surface area contributed by atoms with Crippen LogP contribution in [-0.2, 0) is 0 Å². The zero-order valence-corrected chi connectivity index (χ0v) is 10.4. The van der Waals surface area contributed by atoms with Gasteiger partial charge in [-0.3, -0.25) is 4.79 Å². The van der Waals surface area contributed by atoms with E-state index in [1.165, 1.54) is 17.6 Å². The molecule has 1 N–H and O–H groups in total. The summed E-state index contributed by atoms with van der Waals surface area (Å²) in [6.07, 6.45) is 1.48. The summed E-state index contributed by atoms with van der Waals surface area (Å²) in [5.74, 6) is 1.21. The zero-order valence-electron chi connectivity index (χ0n) is 9.56.